The molecule has 1 saturated heterocycles. The Bertz CT molecular complexity index is 942. The van der Waals surface area contributed by atoms with Gasteiger partial charge < -0.3 is 19.3 Å². The van der Waals surface area contributed by atoms with Crippen molar-refractivity contribution in [2.75, 3.05) is 31.3 Å². The Balaban J connectivity index is 1.43. The number of hydrogen-bond acceptors (Lipinski definition) is 4. The van der Waals surface area contributed by atoms with E-state index < -0.39 is 0 Å². The van der Waals surface area contributed by atoms with Crippen LogP contribution in [0.1, 0.15) is 28.8 Å². The molecule has 3 aliphatic rings. The lowest BCUT2D eigenvalue weighted by Crippen LogP contribution is -2.40. The van der Waals surface area contributed by atoms with Crippen LogP contribution < -0.4 is 14.4 Å². The van der Waals surface area contributed by atoms with Gasteiger partial charge in [0.05, 0.1) is 0 Å². The van der Waals surface area contributed by atoms with Crippen molar-refractivity contribution < 1.29 is 19.1 Å². The van der Waals surface area contributed by atoms with E-state index in [1.165, 1.54) is 0 Å². The van der Waals surface area contributed by atoms with Gasteiger partial charge in [0.15, 0.2) is 11.5 Å². The zero-order valence-electron chi connectivity index (χ0n) is 15.1. The van der Waals surface area contributed by atoms with Crippen molar-refractivity contribution >= 4 is 17.5 Å². The minimum Gasteiger partial charge on any atom is -0.454 e. The molecule has 2 amide bonds. The predicted molar refractivity (Wildman–Crippen MR) is 99.2 cm³/mol. The molecule has 0 saturated carbocycles. The Labute approximate surface area is 157 Å². The highest BCUT2D eigenvalue weighted by Gasteiger charge is 2.42. The number of para-hydroxylation sites is 1. The smallest absolute Gasteiger partial charge is 0.254 e. The van der Waals surface area contributed by atoms with Crippen LogP contribution in [-0.2, 0) is 4.79 Å². The van der Waals surface area contributed by atoms with Crippen molar-refractivity contribution in [3.63, 3.8) is 0 Å². The van der Waals surface area contributed by atoms with Crippen molar-refractivity contribution in [1.29, 1.82) is 0 Å². The molecule has 27 heavy (non-hydrogen) atoms. The lowest BCUT2D eigenvalue weighted by molar-refractivity contribution is -0.116. The van der Waals surface area contributed by atoms with E-state index in [0.29, 0.717) is 36.7 Å². The number of likely N-dealkylation sites (tertiary alicyclic amines) is 1. The fraction of sp³-hybridized carbons (Fsp3) is 0.333. The molecule has 0 N–H and O–H groups in total. The summed E-state index contributed by atoms with van der Waals surface area (Å²) in [5.41, 5.74) is 2.74. The molecule has 0 aliphatic carbocycles. The van der Waals surface area contributed by atoms with Gasteiger partial charge >= 0.3 is 0 Å². The van der Waals surface area contributed by atoms with Crippen LogP contribution in [0.15, 0.2) is 42.5 Å². The van der Waals surface area contributed by atoms with Gasteiger partial charge in [-0.1, -0.05) is 18.2 Å². The summed E-state index contributed by atoms with van der Waals surface area (Å²) in [5.74, 6) is 1.84. The average Bonchev–Trinajstić information content (AvgIpc) is 3.32. The van der Waals surface area contributed by atoms with E-state index in [2.05, 4.69) is 6.07 Å². The Morgan fingerprint density at radius 2 is 1.81 bits per heavy atom. The molecule has 2 aromatic rings. The predicted octanol–water partition coefficient (Wildman–Crippen LogP) is 2.64. The first kappa shape index (κ1) is 16.2. The van der Waals surface area contributed by atoms with Crippen LogP contribution in [0.4, 0.5) is 5.69 Å². The van der Waals surface area contributed by atoms with E-state index in [-0.39, 0.29) is 30.4 Å². The number of carbonyl (C=O) groups excluding carboxylic acids is 2. The number of rotatable bonds is 1. The lowest BCUT2D eigenvalue weighted by Gasteiger charge is -2.35. The lowest BCUT2D eigenvalue weighted by atomic mass is 9.84. The second-order valence-electron chi connectivity index (χ2n) is 7.33. The van der Waals surface area contributed by atoms with Gasteiger partial charge in [0.25, 0.3) is 5.91 Å². The molecule has 5 rings (SSSR count). The molecule has 0 radical (unpaired) electrons. The van der Waals surface area contributed by atoms with Gasteiger partial charge in [-0.25, -0.2) is 0 Å². The van der Waals surface area contributed by atoms with Crippen LogP contribution in [-0.4, -0.2) is 43.1 Å². The highest BCUT2D eigenvalue weighted by Crippen LogP contribution is 2.43. The van der Waals surface area contributed by atoms with Gasteiger partial charge in [0, 0.05) is 49.6 Å². The molecule has 6 heteroatoms. The summed E-state index contributed by atoms with van der Waals surface area (Å²) in [4.78, 5) is 28.9. The minimum absolute atomic E-state index is 0.00504. The van der Waals surface area contributed by atoms with Crippen molar-refractivity contribution in [3.8, 4) is 11.5 Å². The third kappa shape index (κ3) is 2.55. The summed E-state index contributed by atoms with van der Waals surface area (Å²) in [7, 11) is 0. The van der Waals surface area contributed by atoms with Crippen LogP contribution in [0, 0.1) is 5.92 Å². The van der Waals surface area contributed by atoms with E-state index in [1.807, 2.05) is 28.0 Å². The summed E-state index contributed by atoms with van der Waals surface area (Å²) in [6.07, 6.45) is 0. The molecule has 3 aliphatic heterocycles. The minimum atomic E-state index is -0.00504. The molecule has 0 spiro atoms. The number of ether oxygens (including phenoxy) is 2. The monoisotopic (exact) mass is 364 g/mol. The third-order valence-corrected chi connectivity index (χ3v) is 5.77. The van der Waals surface area contributed by atoms with Crippen LogP contribution in [0.2, 0.25) is 0 Å². The van der Waals surface area contributed by atoms with Crippen molar-refractivity contribution in [3.05, 3.63) is 53.6 Å². The molecule has 138 valence electrons. The molecule has 0 bridgehead atoms. The molecule has 2 atom stereocenters. The number of hydrogen-bond donors (Lipinski definition) is 0. The summed E-state index contributed by atoms with van der Waals surface area (Å²) < 4.78 is 10.7. The Kier molecular flexibility index (Phi) is 3.60. The SMILES string of the molecule is CC(=O)N1CC2CN(C(=O)c3ccc4c(c3)OCO4)CC2c2ccccc21. The summed E-state index contributed by atoms with van der Waals surface area (Å²) >= 11 is 0. The second kappa shape index (κ2) is 6.01. The first-order chi connectivity index (χ1) is 13.1. The number of nitrogens with zero attached hydrogens (tertiary/aromatic N) is 2. The fourth-order valence-corrected chi connectivity index (χ4v) is 4.46. The molecule has 1 fully saturated rings. The summed E-state index contributed by atoms with van der Waals surface area (Å²) in [5, 5.41) is 0. The molecule has 2 unspecified atom stereocenters. The number of carbonyl (C=O) groups is 2. The van der Waals surface area contributed by atoms with Crippen LogP contribution in [0.25, 0.3) is 0 Å². The van der Waals surface area contributed by atoms with Gasteiger partial charge in [-0.3, -0.25) is 9.59 Å². The van der Waals surface area contributed by atoms with E-state index in [0.717, 1.165) is 11.3 Å². The van der Waals surface area contributed by atoms with E-state index in [4.69, 9.17) is 9.47 Å². The zero-order chi connectivity index (χ0) is 18.5. The van der Waals surface area contributed by atoms with E-state index >= 15 is 0 Å². The molecule has 3 heterocycles. The maximum absolute atomic E-state index is 13.1. The highest BCUT2D eigenvalue weighted by molar-refractivity contribution is 5.96. The van der Waals surface area contributed by atoms with E-state index in [9.17, 15) is 9.59 Å². The average molecular weight is 364 g/mol. The Morgan fingerprint density at radius 1 is 1.00 bits per heavy atom. The van der Waals surface area contributed by atoms with Gasteiger partial charge in [-0.15, -0.1) is 0 Å². The van der Waals surface area contributed by atoms with Crippen molar-refractivity contribution in [2.24, 2.45) is 5.92 Å². The molecular formula is C21H20N2O4. The molecular weight excluding hydrogens is 344 g/mol. The zero-order valence-corrected chi connectivity index (χ0v) is 15.1. The standard InChI is InChI=1S/C21H20N2O4/c1-13(24)23-10-15-9-22(11-17(15)16-4-2-3-5-18(16)23)21(25)14-6-7-19-20(8-14)27-12-26-19/h2-8,15,17H,9-12H2,1H3. The fourth-order valence-electron chi connectivity index (χ4n) is 4.46. The molecule has 0 aromatic heterocycles. The van der Waals surface area contributed by atoms with Gasteiger partial charge in [-0.2, -0.15) is 0 Å². The Hall–Kier alpha value is -3.02. The maximum Gasteiger partial charge on any atom is 0.254 e. The van der Waals surface area contributed by atoms with Crippen LogP contribution in [0.3, 0.4) is 0 Å². The highest BCUT2D eigenvalue weighted by atomic mass is 16.7. The quantitative estimate of drug-likeness (QED) is 0.781. The number of fused-ring (bicyclic) bond motifs is 4. The molecule has 6 nitrogen and oxygen atoms in total. The summed E-state index contributed by atoms with van der Waals surface area (Å²) in [6, 6.07) is 13.4. The number of anilines is 1. The summed E-state index contributed by atoms with van der Waals surface area (Å²) in [6.45, 7) is 3.76. The van der Waals surface area contributed by atoms with Gasteiger partial charge in [0.1, 0.15) is 0 Å². The maximum atomic E-state index is 13.1. The first-order valence-electron chi connectivity index (χ1n) is 9.18. The topological polar surface area (TPSA) is 59.1 Å². The first-order valence-corrected chi connectivity index (χ1v) is 9.18. The second-order valence-corrected chi connectivity index (χ2v) is 7.33. The van der Waals surface area contributed by atoms with E-state index in [1.54, 1.807) is 25.1 Å². The Morgan fingerprint density at radius 3 is 2.67 bits per heavy atom. The third-order valence-electron chi connectivity index (χ3n) is 5.77. The van der Waals surface area contributed by atoms with Crippen LogP contribution >= 0.6 is 0 Å². The van der Waals surface area contributed by atoms with Crippen molar-refractivity contribution in [1.82, 2.24) is 4.90 Å². The van der Waals surface area contributed by atoms with Crippen molar-refractivity contribution in [2.45, 2.75) is 12.8 Å². The molecule has 2 aromatic carbocycles. The number of benzene rings is 2. The normalized spacial score (nSPS) is 22.4. The van der Waals surface area contributed by atoms with Crippen LogP contribution in [0.5, 0.6) is 11.5 Å². The number of amides is 2. The van der Waals surface area contributed by atoms with Gasteiger partial charge in [-0.05, 0) is 29.8 Å². The van der Waals surface area contributed by atoms with Gasteiger partial charge in [0.2, 0.25) is 12.7 Å². The largest absolute Gasteiger partial charge is 0.454 e.